The van der Waals surface area contributed by atoms with Crippen LogP contribution in [0.15, 0.2) is 18.2 Å². The van der Waals surface area contributed by atoms with E-state index in [-0.39, 0.29) is 18.7 Å². The molecule has 1 N–H and O–H groups in total. The van der Waals surface area contributed by atoms with E-state index in [0.717, 1.165) is 32.6 Å². The van der Waals surface area contributed by atoms with Crippen molar-refractivity contribution in [3.63, 3.8) is 0 Å². The first-order chi connectivity index (χ1) is 11.0. The van der Waals surface area contributed by atoms with Crippen molar-refractivity contribution < 1.29 is 14.3 Å². The lowest BCUT2D eigenvalue weighted by Crippen LogP contribution is -2.26. The first-order valence-corrected chi connectivity index (χ1v) is 8.46. The number of carbonyl (C=O) groups is 1. The smallest absolute Gasteiger partial charge is 0.231 e. The third-order valence-electron chi connectivity index (χ3n) is 3.79. The molecule has 23 heavy (non-hydrogen) atoms. The molecule has 0 fully saturated rings. The number of carbonyl (C=O) groups excluding carboxylic acids is 1. The molecule has 122 valence electrons. The van der Waals surface area contributed by atoms with Crippen LogP contribution in [0.25, 0.3) is 0 Å². The van der Waals surface area contributed by atoms with E-state index in [2.05, 4.69) is 10.3 Å². The van der Waals surface area contributed by atoms with Crippen LogP contribution >= 0.6 is 11.3 Å². The molecule has 0 radical (unpaired) electrons. The van der Waals surface area contributed by atoms with Crippen LogP contribution in [-0.4, -0.2) is 17.7 Å². The Bertz CT molecular complexity index is 727. The fourth-order valence-electron chi connectivity index (χ4n) is 2.68. The summed E-state index contributed by atoms with van der Waals surface area (Å²) in [5.41, 5.74) is 2.07. The van der Waals surface area contributed by atoms with Gasteiger partial charge in [0.2, 0.25) is 12.7 Å². The molecule has 3 rings (SSSR count). The summed E-state index contributed by atoms with van der Waals surface area (Å²) in [6.07, 6.45) is 1.12. The molecule has 1 aliphatic heterocycles. The second-order valence-corrected chi connectivity index (χ2v) is 6.89. The molecule has 1 aliphatic rings. The van der Waals surface area contributed by atoms with Crippen molar-refractivity contribution >= 4 is 17.2 Å². The molecule has 1 aromatic carbocycles. The molecular weight excluding hydrogens is 312 g/mol. The van der Waals surface area contributed by atoms with Gasteiger partial charge in [0.1, 0.15) is 0 Å². The van der Waals surface area contributed by atoms with Gasteiger partial charge in [-0.3, -0.25) is 4.79 Å². The number of hydrogen-bond acceptors (Lipinski definition) is 5. The average molecular weight is 332 g/mol. The van der Waals surface area contributed by atoms with Crippen LogP contribution in [0.5, 0.6) is 11.5 Å². The van der Waals surface area contributed by atoms with Crippen LogP contribution in [0.3, 0.4) is 0 Å². The van der Waals surface area contributed by atoms with E-state index in [1.807, 2.05) is 39.0 Å². The van der Waals surface area contributed by atoms with Crippen LogP contribution in [0, 0.1) is 13.8 Å². The highest BCUT2D eigenvalue weighted by Crippen LogP contribution is 2.32. The Hall–Kier alpha value is -2.08. The highest BCUT2D eigenvalue weighted by atomic mass is 32.1. The van der Waals surface area contributed by atoms with E-state index < -0.39 is 0 Å². The first kappa shape index (κ1) is 15.8. The van der Waals surface area contributed by atoms with Gasteiger partial charge in [-0.25, -0.2) is 4.98 Å². The summed E-state index contributed by atoms with van der Waals surface area (Å²) in [5, 5.41) is 4.08. The molecule has 1 aromatic heterocycles. The molecule has 2 aromatic rings. The molecule has 6 heteroatoms. The predicted molar refractivity (Wildman–Crippen MR) is 89.0 cm³/mol. The van der Waals surface area contributed by atoms with E-state index >= 15 is 0 Å². The molecule has 0 aliphatic carbocycles. The van der Waals surface area contributed by atoms with Gasteiger partial charge in [-0.2, -0.15) is 0 Å². The molecule has 5 nitrogen and oxygen atoms in total. The molecule has 1 unspecified atom stereocenters. The Morgan fingerprint density at radius 1 is 1.35 bits per heavy atom. The molecule has 0 spiro atoms. The molecule has 1 atom stereocenters. The van der Waals surface area contributed by atoms with Crippen molar-refractivity contribution in [3.8, 4) is 11.5 Å². The SMILES string of the molecule is Cc1nc(C)c(C(C)NC(=O)CCc2ccc3c(c2)OCO3)s1. The summed E-state index contributed by atoms with van der Waals surface area (Å²) in [7, 11) is 0. The van der Waals surface area contributed by atoms with Gasteiger partial charge >= 0.3 is 0 Å². The van der Waals surface area contributed by atoms with Crippen molar-refractivity contribution in [1.29, 1.82) is 0 Å². The molecule has 2 heterocycles. The Balaban J connectivity index is 1.54. The number of amides is 1. The quantitative estimate of drug-likeness (QED) is 0.912. The van der Waals surface area contributed by atoms with E-state index in [4.69, 9.17) is 9.47 Å². The number of benzene rings is 1. The minimum atomic E-state index is -0.00884. The second kappa shape index (κ2) is 6.58. The van der Waals surface area contributed by atoms with Crippen LogP contribution < -0.4 is 14.8 Å². The number of fused-ring (bicyclic) bond motifs is 1. The van der Waals surface area contributed by atoms with Gasteiger partial charge in [-0.15, -0.1) is 11.3 Å². The topological polar surface area (TPSA) is 60.5 Å². The lowest BCUT2D eigenvalue weighted by Gasteiger charge is -2.13. The van der Waals surface area contributed by atoms with Gasteiger partial charge in [0.15, 0.2) is 11.5 Å². The maximum absolute atomic E-state index is 12.2. The van der Waals surface area contributed by atoms with Crippen LogP contribution in [0.2, 0.25) is 0 Å². The van der Waals surface area contributed by atoms with Gasteiger partial charge < -0.3 is 14.8 Å². The number of rotatable bonds is 5. The van der Waals surface area contributed by atoms with Gasteiger partial charge in [0.25, 0.3) is 0 Å². The zero-order valence-electron chi connectivity index (χ0n) is 13.5. The Kier molecular flexibility index (Phi) is 4.52. The number of hydrogen-bond donors (Lipinski definition) is 1. The Morgan fingerprint density at radius 2 is 2.13 bits per heavy atom. The summed E-state index contributed by atoms with van der Waals surface area (Å²) in [4.78, 5) is 17.7. The Labute approximate surface area is 139 Å². The number of nitrogens with one attached hydrogen (secondary N) is 1. The summed E-state index contributed by atoms with van der Waals surface area (Å²) < 4.78 is 10.6. The summed E-state index contributed by atoms with van der Waals surface area (Å²) in [6, 6.07) is 5.80. The van der Waals surface area contributed by atoms with Gasteiger partial charge in [0.05, 0.1) is 16.7 Å². The highest BCUT2D eigenvalue weighted by Gasteiger charge is 2.16. The zero-order valence-corrected chi connectivity index (χ0v) is 14.3. The maximum atomic E-state index is 12.2. The van der Waals surface area contributed by atoms with Crippen molar-refractivity contribution in [2.24, 2.45) is 0 Å². The summed E-state index contributed by atoms with van der Waals surface area (Å²) >= 11 is 1.64. The van der Waals surface area contributed by atoms with Gasteiger partial charge in [-0.1, -0.05) is 6.07 Å². The fraction of sp³-hybridized carbons (Fsp3) is 0.412. The van der Waals surface area contributed by atoms with Crippen LogP contribution in [0.4, 0.5) is 0 Å². The van der Waals surface area contributed by atoms with Gasteiger partial charge in [0, 0.05) is 11.3 Å². The molecule has 0 bridgehead atoms. The highest BCUT2D eigenvalue weighted by molar-refractivity contribution is 7.11. The maximum Gasteiger partial charge on any atom is 0.231 e. The van der Waals surface area contributed by atoms with E-state index in [1.165, 1.54) is 0 Å². The summed E-state index contributed by atoms with van der Waals surface area (Å²) in [5.74, 6) is 1.57. The van der Waals surface area contributed by atoms with E-state index in [9.17, 15) is 4.79 Å². The van der Waals surface area contributed by atoms with Crippen LogP contribution in [0.1, 0.15) is 40.5 Å². The Morgan fingerprint density at radius 3 is 2.87 bits per heavy atom. The number of thiazole rings is 1. The summed E-state index contributed by atoms with van der Waals surface area (Å²) in [6.45, 7) is 6.23. The van der Waals surface area contributed by atoms with Crippen molar-refractivity contribution in [2.75, 3.05) is 6.79 Å². The second-order valence-electron chi connectivity index (χ2n) is 5.66. The number of aryl methyl sites for hydroxylation is 3. The minimum absolute atomic E-state index is 0.00884. The average Bonchev–Trinajstić information content (AvgIpc) is 3.10. The predicted octanol–water partition coefficient (Wildman–Crippen LogP) is 3.30. The third-order valence-corrected chi connectivity index (χ3v) is 5.04. The molecule has 0 saturated carbocycles. The van der Waals surface area contributed by atoms with E-state index in [0.29, 0.717) is 12.8 Å². The number of ether oxygens (including phenoxy) is 2. The lowest BCUT2D eigenvalue weighted by molar-refractivity contribution is -0.121. The van der Waals surface area contributed by atoms with E-state index in [1.54, 1.807) is 11.3 Å². The fourth-order valence-corrected chi connectivity index (χ4v) is 3.61. The van der Waals surface area contributed by atoms with Crippen molar-refractivity contribution in [2.45, 2.75) is 39.7 Å². The molecular formula is C17H20N2O3S. The number of aromatic nitrogens is 1. The van der Waals surface area contributed by atoms with Crippen molar-refractivity contribution in [1.82, 2.24) is 10.3 Å². The number of nitrogens with zero attached hydrogens (tertiary/aromatic N) is 1. The standard InChI is InChI=1S/C17H20N2O3S/c1-10-17(23-12(3)18-10)11(2)19-16(20)7-5-13-4-6-14-15(8-13)22-9-21-14/h4,6,8,11H,5,7,9H2,1-3H3,(H,19,20). The minimum Gasteiger partial charge on any atom is -0.454 e. The lowest BCUT2D eigenvalue weighted by atomic mass is 10.1. The molecule has 0 saturated heterocycles. The zero-order chi connectivity index (χ0) is 16.4. The molecule has 1 amide bonds. The van der Waals surface area contributed by atoms with Crippen molar-refractivity contribution in [3.05, 3.63) is 39.3 Å². The van der Waals surface area contributed by atoms with Crippen LogP contribution in [-0.2, 0) is 11.2 Å². The largest absolute Gasteiger partial charge is 0.454 e. The van der Waals surface area contributed by atoms with Gasteiger partial charge in [-0.05, 0) is 44.9 Å². The third kappa shape index (κ3) is 3.64. The monoisotopic (exact) mass is 332 g/mol. The first-order valence-electron chi connectivity index (χ1n) is 7.65. The normalized spacial score (nSPS) is 13.9.